The molecule has 0 spiro atoms. The number of ether oxygens (including phenoxy) is 1. The van der Waals surface area contributed by atoms with Crippen molar-refractivity contribution in [1.29, 1.82) is 0 Å². The predicted molar refractivity (Wildman–Crippen MR) is 125 cm³/mol. The van der Waals surface area contributed by atoms with Crippen LogP contribution in [0.3, 0.4) is 0 Å². The quantitative estimate of drug-likeness (QED) is 0.285. The molecule has 0 aliphatic heterocycles. The van der Waals surface area contributed by atoms with Gasteiger partial charge in [0.25, 0.3) is 0 Å². The molecule has 0 radical (unpaired) electrons. The van der Waals surface area contributed by atoms with Crippen molar-refractivity contribution in [3.8, 4) is 5.88 Å². The first-order valence-corrected chi connectivity index (χ1v) is 10.3. The van der Waals surface area contributed by atoms with Gasteiger partial charge >= 0.3 is 0 Å². The molecule has 1 fully saturated rings. The van der Waals surface area contributed by atoms with Gasteiger partial charge in [0.2, 0.25) is 5.88 Å². The number of pyridine rings is 1. The van der Waals surface area contributed by atoms with E-state index in [9.17, 15) is 0 Å². The monoisotopic (exact) mass is 513 g/mol. The van der Waals surface area contributed by atoms with Crippen molar-refractivity contribution in [2.45, 2.75) is 59.5 Å². The van der Waals surface area contributed by atoms with Crippen molar-refractivity contribution in [3.05, 3.63) is 40.9 Å². The lowest BCUT2D eigenvalue weighted by molar-refractivity contribution is 0.288. The molecule has 8 heteroatoms. The Hall–Kier alpha value is -1.84. The zero-order chi connectivity index (χ0) is 19.8. The third-order valence-electron chi connectivity index (χ3n) is 4.76. The number of aromatic nitrogens is 2. The van der Waals surface area contributed by atoms with E-state index in [1.165, 1.54) is 12.8 Å². The standard InChI is InChI=1S/C21H31N5O2.HI/c1-4-18-17(19(5-2)28-26-18)13-25-21(22-6-3)24-12-16-9-10-20(23-11-16)27-14-15-7-8-15;/h9-11,15H,4-8,12-14H2,1-3H3,(H2,22,24,25);1H. The van der Waals surface area contributed by atoms with Crippen LogP contribution in [0.2, 0.25) is 0 Å². The average molecular weight is 513 g/mol. The Kier molecular flexibility index (Phi) is 9.69. The highest BCUT2D eigenvalue weighted by molar-refractivity contribution is 14.0. The molecule has 29 heavy (non-hydrogen) atoms. The van der Waals surface area contributed by atoms with Crippen LogP contribution in [0.5, 0.6) is 5.88 Å². The molecule has 2 aromatic rings. The molecule has 160 valence electrons. The maximum atomic E-state index is 5.69. The molecule has 0 atom stereocenters. The maximum absolute atomic E-state index is 5.69. The summed E-state index contributed by atoms with van der Waals surface area (Å²) in [6, 6.07) is 3.94. The van der Waals surface area contributed by atoms with E-state index in [1.54, 1.807) is 0 Å². The highest BCUT2D eigenvalue weighted by atomic mass is 127. The van der Waals surface area contributed by atoms with E-state index in [0.717, 1.165) is 60.5 Å². The number of hydrogen-bond acceptors (Lipinski definition) is 5. The predicted octanol–water partition coefficient (Wildman–Crippen LogP) is 3.86. The molecular formula is C21H32IN5O2. The first kappa shape index (κ1) is 23.4. The fourth-order valence-electron chi connectivity index (χ4n) is 2.90. The Morgan fingerprint density at radius 1 is 1.21 bits per heavy atom. The Balaban J connectivity index is 0.00000300. The molecule has 2 heterocycles. The van der Waals surface area contributed by atoms with E-state index in [1.807, 2.05) is 18.3 Å². The first-order valence-electron chi connectivity index (χ1n) is 10.3. The molecule has 2 aromatic heterocycles. The van der Waals surface area contributed by atoms with E-state index in [-0.39, 0.29) is 24.0 Å². The van der Waals surface area contributed by atoms with Crippen molar-refractivity contribution in [2.24, 2.45) is 10.9 Å². The summed E-state index contributed by atoms with van der Waals surface area (Å²) in [5.41, 5.74) is 3.19. The molecule has 7 nitrogen and oxygen atoms in total. The number of hydrogen-bond donors (Lipinski definition) is 2. The van der Waals surface area contributed by atoms with Crippen molar-refractivity contribution < 1.29 is 9.26 Å². The molecule has 1 aliphatic carbocycles. The zero-order valence-corrected chi connectivity index (χ0v) is 19.9. The van der Waals surface area contributed by atoms with Crippen LogP contribution in [0.25, 0.3) is 0 Å². The van der Waals surface area contributed by atoms with Crippen LogP contribution in [-0.2, 0) is 25.9 Å². The second-order valence-corrected chi connectivity index (χ2v) is 7.05. The van der Waals surface area contributed by atoms with Crippen LogP contribution in [0.4, 0.5) is 0 Å². The van der Waals surface area contributed by atoms with Gasteiger partial charge < -0.3 is 19.9 Å². The zero-order valence-electron chi connectivity index (χ0n) is 17.5. The molecule has 0 amide bonds. The topological polar surface area (TPSA) is 84.6 Å². The Morgan fingerprint density at radius 3 is 2.66 bits per heavy atom. The summed E-state index contributed by atoms with van der Waals surface area (Å²) in [7, 11) is 0. The van der Waals surface area contributed by atoms with Crippen LogP contribution >= 0.6 is 24.0 Å². The average Bonchev–Trinajstić information content (AvgIpc) is 3.47. The van der Waals surface area contributed by atoms with Gasteiger partial charge in [0.1, 0.15) is 5.76 Å². The van der Waals surface area contributed by atoms with Crippen LogP contribution < -0.4 is 15.4 Å². The van der Waals surface area contributed by atoms with Gasteiger partial charge in [0.05, 0.1) is 18.8 Å². The molecule has 1 saturated carbocycles. The van der Waals surface area contributed by atoms with E-state index in [4.69, 9.17) is 9.26 Å². The molecule has 0 saturated heterocycles. The number of aryl methyl sites for hydroxylation is 2. The fraction of sp³-hybridized carbons (Fsp3) is 0.571. The normalized spacial score (nSPS) is 13.7. The largest absolute Gasteiger partial charge is 0.477 e. The van der Waals surface area contributed by atoms with Crippen LogP contribution in [0.15, 0.2) is 27.8 Å². The summed E-state index contributed by atoms with van der Waals surface area (Å²) >= 11 is 0. The van der Waals surface area contributed by atoms with E-state index >= 15 is 0 Å². The lowest BCUT2D eigenvalue weighted by Crippen LogP contribution is -2.37. The Labute approximate surface area is 190 Å². The second kappa shape index (κ2) is 12.0. The summed E-state index contributed by atoms with van der Waals surface area (Å²) in [4.78, 5) is 9.05. The van der Waals surface area contributed by atoms with E-state index in [2.05, 4.69) is 46.5 Å². The summed E-state index contributed by atoms with van der Waals surface area (Å²) in [5, 5.41) is 10.8. The van der Waals surface area contributed by atoms with E-state index < -0.39 is 0 Å². The van der Waals surface area contributed by atoms with Gasteiger partial charge in [-0.2, -0.15) is 0 Å². The number of aliphatic imine (C=N–C) groups is 1. The minimum Gasteiger partial charge on any atom is -0.477 e. The maximum Gasteiger partial charge on any atom is 0.213 e. The minimum absolute atomic E-state index is 0. The minimum atomic E-state index is 0. The summed E-state index contributed by atoms with van der Waals surface area (Å²) < 4.78 is 11.1. The number of nitrogens with one attached hydrogen (secondary N) is 2. The third-order valence-corrected chi connectivity index (χ3v) is 4.76. The Morgan fingerprint density at radius 2 is 2.03 bits per heavy atom. The summed E-state index contributed by atoms with van der Waals surface area (Å²) in [5.74, 6) is 3.12. The molecule has 0 unspecified atom stereocenters. The van der Waals surface area contributed by atoms with E-state index in [0.29, 0.717) is 19.0 Å². The highest BCUT2D eigenvalue weighted by Gasteiger charge is 2.22. The number of halogens is 1. The van der Waals surface area contributed by atoms with Crippen LogP contribution in [-0.4, -0.2) is 29.3 Å². The number of rotatable bonds is 10. The third kappa shape index (κ3) is 7.17. The highest BCUT2D eigenvalue weighted by Crippen LogP contribution is 2.29. The summed E-state index contributed by atoms with van der Waals surface area (Å²) in [6.07, 6.45) is 6.08. The molecule has 1 aliphatic rings. The lowest BCUT2D eigenvalue weighted by Gasteiger charge is -2.12. The van der Waals surface area contributed by atoms with Gasteiger partial charge in [-0.05, 0) is 37.7 Å². The number of nitrogens with zero attached hydrogens (tertiary/aromatic N) is 3. The molecule has 3 rings (SSSR count). The Bertz CT molecular complexity index is 750. The van der Waals surface area contributed by atoms with Crippen LogP contribution in [0.1, 0.15) is 56.2 Å². The van der Waals surface area contributed by atoms with Gasteiger partial charge in [0.15, 0.2) is 5.96 Å². The molecular weight excluding hydrogens is 481 g/mol. The molecule has 0 aromatic carbocycles. The van der Waals surface area contributed by atoms with Gasteiger partial charge in [-0.15, -0.1) is 24.0 Å². The molecule has 0 bridgehead atoms. The molecule has 2 N–H and O–H groups in total. The summed E-state index contributed by atoms with van der Waals surface area (Å²) in [6.45, 7) is 8.99. The number of guanidine groups is 1. The van der Waals surface area contributed by atoms with Gasteiger partial charge in [-0.3, -0.25) is 0 Å². The van der Waals surface area contributed by atoms with Gasteiger partial charge in [-0.1, -0.05) is 25.1 Å². The van der Waals surface area contributed by atoms with Crippen molar-refractivity contribution in [3.63, 3.8) is 0 Å². The van der Waals surface area contributed by atoms with Gasteiger partial charge in [0, 0.05) is 37.3 Å². The first-order chi connectivity index (χ1) is 13.7. The van der Waals surface area contributed by atoms with Crippen molar-refractivity contribution in [2.75, 3.05) is 13.2 Å². The van der Waals surface area contributed by atoms with Crippen molar-refractivity contribution >= 4 is 29.9 Å². The van der Waals surface area contributed by atoms with Gasteiger partial charge in [-0.25, -0.2) is 9.98 Å². The lowest BCUT2D eigenvalue weighted by atomic mass is 10.1. The van der Waals surface area contributed by atoms with Crippen molar-refractivity contribution in [1.82, 2.24) is 20.8 Å². The van der Waals surface area contributed by atoms with Crippen LogP contribution in [0, 0.1) is 5.92 Å². The fourth-order valence-corrected chi connectivity index (χ4v) is 2.90. The smallest absolute Gasteiger partial charge is 0.213 e. The second-order valence-electron chi connectivity index (χ2n) is 7.05. The SMILES string of the molecule is CCNC(=NCc1ccc(OCC2CC2)nc1)NCc1c(CC)noc1CC.I.